The molecule has 12 aromatic rings. The van der Waals surface area contributed by atoms with E-state index < -0.39 is 0 Å². The van der Waals surface area contributed by atoms with Crippen molar-refractivity contribution in [2.75, 3.05) is 0 Å². The van der Waals surface area contributed by atoms with Gasteiger partial charge in [-0.25, -0.2) is 0 Å². The second-order valence-electron chi connectivity index (χ2n) is 14.5. The van der Waals surface area contributed by atoms with Gasteiger partial charge in [0.2, 0.25) is 0 Å². The van der Waals surface area contributed by atoms with Crippen molar-refractivity contribution in [3.05, 3.63) is 194 Å². The molecule has 12 rings (SSSR count). The zero-order chi connectivity index (χ0) is 35.3. The Morgan fingerprint density at radius 1 is 0.241 bits per heavy atom. The van der Waals surface area contributed by atoms with Crippen LogP contribution in [0.25, 0.3) is 109 Å². The SMILES string of the molecule is c1ccc(-c2ccc3ccc(-n4c5ccccc5c5c6c7ccccc7n(-c7ccc8c(ccc9c%10ccccc%10ccc89)c7)c6ccc54)cc3c2)cc1. The molecule has 0 saturated carbocycles. The normalized spacial score (nSPS) is 12.1. The molecule has 2 heterocycles. The summed E-state index contributed by atoms with van der Waals surface area (Å²) in [6, 6.07) is 71.5. The third kappa shape index (κ3) is 4.17. The molecule has 10 aromatic carbocycles. The van der Waals surface area contributed by atoms with E-state index >= 15 is 0 Å². The lowest BCUT2D eigenvalue weighted by atomic mass is 9.97. The van der Waals surface area contributed by atoms with Crippen LogP contribution in [0.15, 0.2) is 194 Å². The number of rotatable bonds is 3. The van der Waals surface area contributed by atoms with Crippen LogP contribution >= 0.6 is 0 Å². The first kappa shape index (κ1) is 29.4. The third-order valence-electron chi connectivity index (χ3n) is 11.6. The first-order valence-corrected chi connectivity index (χ1v) is 18.7. The van der Waals surface area contributed by atoms with Gasteiger partial charge in [-0.15, -0.1) is 0 Å². The van der Waals surface area contributed by atoms with Crippen LogP contribution in [-0.2, 0) is 0 Å². The molecule has 0 spiro atoms. The first-order chi connectivity index (χ1) is 26.8. The molecular weight excluding hydrogens is 653 g/mol. The second kappa shape index (κ2) is 11.2. The Hall–Kier alpha value is -7.16. The van der Waals surface area contributed by atoms with E-state index in [1.807, 2.05) is 0 Å². The van der Waals surface area contributed by atoms with Gasteiger partial charge in [-0.05, 0) is 109 Å². The van der Waals surface area contributed by atoms with Gasteiger partial charge in [0.1, 0.15) is 0 Å². The largest absolute Gasteiger partial charge is 0.309 e. The van der Waals surface area contributed by atoms with Crippen LogP contribution in [0.2, 0.25) is 0 Å². The molecule has 2 aromatic heterocycles. The molecule has 250 valence electrons. The van der Waals surface area contributed by atoms with Crippen molar-refractivity contribution >= 4 is 86.7 Å². The molecule has 2 nitrogen and oxygen atoms in total. The minimum Gasteiger partial charge on any atom is -0.309 e. The maximum Gasteiger partial charge on any atom is 0.0548 e. The lowest BCUT2D eigenvalue weighted by molar-refractivity contribution is 1.18. The Labute approximate surface area is 311 Å². The van der Waals surface area contributed by atoms with Crippen molar-refractivity contribution < 1.29 is 0 Å². The maximum absolute atomic E-state index is 2.46. The number of aromatic nitrogens is 2. The molecule has 0 atom stereocenters. The van der Waals surface area contributed by atoms with E-state index in [4.69, 9.17) is 0 Å². The van der Waals surface area contributed by atoms with Crippen molar-refractivity contribution in [2.24, 2.45) is 0 Å². The first-order valence-electron chi connectivity index (χ1n) is 18.7. The van der Waals surface area contributed by atoms with Gasteiger partial charge in [-0.3, -0.25) is 0 Å². The lowest BCUT2D eigenvalue weighted by Gasteiger charge is -2.12. The highest BCUT2D eigenvalue weighted by Gasteiger charge is 2.21. The van der Waals surface area contributed by atoms with E-state index in [2.05, 4.69) is 203 Å². The summed E-state index contributed by atoms with van der Waals surface area (Å²) in [4.78, 5) is 0. The molecule has 0 N–H and O–H groups in total. The number of para-hydroxylation sites is 2. The van der Waals surface area contributed by atoms with E-state index in [-0.39, 0.29) is 0 Å². The molecule has 2 heteroatoms. The minimum absolute atomic E-state index is 1.16. The standard InChI is InChI=1S/C52H32N2/c1-2-10-33(11-3-1)36-19-18-34-20-23-39(32-38(34)30-36)53-47-16-8-6-14-45(47)51-49(53)28-29-50-52(51)46-15-7-9-17-48(46)54(50)40-24-27-42-37(31-40)22-26-43-41-13-5-4-12-35(41)21-25-44(42)43/h1-32H. The van der Waals surface area contributed by atoms with Crippen LogP contribution in [0, 0.1) is 0 Å². The zero-order valence-corrected chi connectivity index (χ0v) is 29.4. The van der Waals surface area contributed by atoms with Gasteiger partial charge in [0, 0.05) is 32.9 Å². The van der Waals surface area contributed by atoms with Crippen molar-refractivity contribution in [3.63, 3.8) is 0 Å². The highest BCUT2D eigenvalue weighted by molar-refractivity contribution is 6.29. The monoisotopic (exact) mass is 684 g/mol. The zero-order valence-electron chi connectivity index (χ0n) is 29.4. The molecule has 54 heavy (non-hydrogen) atoms. The van der Waals surface area contributed by atoms with Crippen LogP contribution in [0.4, 0.5) is 0 Å². The molecule has 0 amide bonds. The number of fused-ring (bicyclic) bond motifs is 13. The van der Waals surface area contributed by atoms with Gasteiger partial charge in [0.15, 0.2) is 0 Å². The summed E-state index contributed by atoms with van der Waals surface area (Å²) in [6.45, 7) is 0. The van der Waals surface area contributed by atoms with Gasteiger partial charge in [-0.2, -0.15) is 0 Å². The van der Waals surface area contributed by atoms with Crippen molar-refractivity contribution in [1.29, 1.82) is 0 Å². The lowest BCUT2D eigenvalue weighted by Crippen LogP contribution is -1.95. The van der Waals surface area contributed by atoms with E-state index in [1.54, 1.807) is 0 Å². The highest BCUT2D eigenvalue weighted by atomic mass is 15.0. The van der Waals surface area contributed by atoms with Gasteiger partial charge in [0.05, 0.1) is 22.1 Å². The van der Waals surface area contributed by atoms with Crippen LogP contribution in [0.3, 0.4) is 0 Å². The summed E-state index contributed by atoms with van der Waals surface area (Å²) >= 11 is 0. The number of nitrogens with zero attached hydrogens (tertiary/aromatic N) is 2. The minimum atomic E-state index is 1.16. The number of benzene rings is 10. The van der Waals surface area contributed by atoms with Crippen molar-refractivity contribution in [1.82, 2.24) is 9.13 Å². The fourth-order valence-electron chi connectivity index (χ4n) is 9.21. The summed E-state index contributed by atoms with van der Waals surface area (Å²) in [5.74, 6) is 0. The Morgan fingerprint density at radius 3 is 1.44 bits per heavy atom. The van der Waals surface area contributed by atoms with Crippen molar-refractivity contribution in [3.8, 4) is 22.5 Å². The van der Waals surface area contributed by atoms with Gasteiger partial charge in [-0.1, -0.05) is 140 Å². The molecule has 0 bridgehead atoms. The third-order valence-corrected chi connectivity index (χ3v) is 11.6. The molecule has 0 unspecified atom stereocenters. The quantitative estimate of drug-likeness (QED) is 0.164. The van der Waals surface area contributed by atoms with Crippen LogP contribution in [0.1, 0.15) is 0 Å². The molecule has 0 aliphatic carbocycles. The van der Waals surface area contributed by atoms with Gasteiger partial charge < -0.3 is 9.13 Å². The molecule has 0 radical (unpaired) electrons. The van der Waals surface area contributed by atoms with Crippen LogP contribution < -0.4 is 0 Å². The fraction of sp³-hybridized carbons (Fsp3) is 0. The topological polar surface area (TPSA) is 9.86 Å². The summed E-state index contributed by atoms with van der Waals surface area (Å²) in [6.07, 6.45) is 0. The molecule has 0 saturated heterocycles. The van der Waals surface area contributed by atoms with Crippen LogP contribution in [0.5, 0.6) is 0 Å². The van der Waals surface area contributed by atoms with E-state index in [0.29, 0.717) is 0 Å². The Morgan fingerprint density at radius 2 is 0.741 bits per heavy atom. The summed E-state index contributed by atoms with van der Waals surface area (Å²) < 4.78 is 4.91. The van der Waals surface area contributed by atoms with Crippen molar-refractivity contribution in [2.45, 2.75) is 0 Å². The Kier molecular flexibility index (Phi) is 6.09. The highest BCUT2D eigenvalue weighted by Crippen LogP contribution is 2.43. The van der Waals surface area contributed by atoms with E-state index in [0.717, 1.165) is 5.69 Å². The predicted molar refractivity (Wildman–Crippen MR) is 231 cm³/mol. The summed E-state index contributed by atoms with van der Waals surface area (Å²) in [7, 11) is 0. The van der Waals surface area contributed by atoms with Gasteiger partial charge in [0.25, 0.3) is 0 Å². The number of hydrogen-bond acceptors (Lipinski definition) is 0. The Balaban J connectivity index is 1.10. The smallest absolute Gasteiger partial charge is 0.0548 e. The van der Waals surface area contributed by atoms with E-state index in [1.165, 1.54) is 104 Å². The number of hydrogen-bond donors (Lipinski definition) is 0. The summed E-state index contributed by atoms with van der Waals surface area (Å²) in [5.41, 5.74) is 9.63. The average Bonchev–Trinajstić information content (AvgIpc) is 3.76. The Bertz CT molecular complexity index is 3490. The predicted octanol–water partition coefficient (Wildman–Crippen LogP) is 14.2. The van der Waals surface area contributed by atoms with Gasteiger partial charge >= 0.3 is 0 Å². The molecule has 0 fully saturated rings. The summed E-state index contributed by atoms with van der Waals surface area (Å²) in [5, 5.41) is 15.2. The second-order valence-corrected chi connectivity index (χ2v) is 14.5. The van der Waals surface area contributed by atoms with Crippen LogP contribution in [-0.4, -0.2) is 9.13 Å². The molecule has 0 aliphatic rings. The van der Waals surface area contributed by atoms with E-state index in [9.17, 15) is 0 Å². The average molecular weight is 685 g/mol. The fourth-order valence-corrected chi connectivity index (χ4v) is 9.21. The molecular formula is C52H32N2. The molecule has 0 aliphatic heterocycles. The maximum atomic E-state index is 2.46.